The molecule has 6 heteroatoms. The van der Waals surface area contributed by atoms with Crippen LogP contribution < -0.4 is 5.32 Å². The second-order valence-electron chi connectivity index (χ2n) is 4.23. The molecule has 5 nitrogen and oxygen atoms in total. The van der Waals surface area contributed by atoms with E-state index in [9.17, 15) is 4.79 Å². The molecule has 0 aliphatic rings. The van der Waals surface area contributed by atoms with E-state index in [4.69, 9.17) is 16.7 Å². The number of nitrogens with zero attached hydrogens (tertiary/aromatic N) is 1. The highest BCUT2D eigenvalue weighted by atomic mass is 35.5. The van der Waals surface area contributed by atoms with Gasteiger partial charge in [0.1, 0.15) is 0 Å². The van der Waals surface area contributed by atoms with E-state index in [-0.39, 0.29) is 5.56 Å². The first-order chi connectivity index (χ1) is 9.65. The zero-order chi connectivity index (χ0) is 14.1. The summed E-state index contributed by atoms with van der Waals surface area (Å²) >= 11 is 5.93. The quantitative estimate of drug-likeness (QED) is 0.687. The fourth-order valence-corrected chi connectivity index (χ4v) is 2.21. The van der Waals surface area contributed by atoms with Gasteiger partial charge in [0.15, 0.2) is 5.82 Å². The molecule has 3 N–H and O–H groups in total. The first kappa shape index (κ1) is 12.5. The highest BCUT2D eigenvalue weighted by Crippen LogP contribution is 2.26. The van der Waals surface area contributed by atoms with Crippen LogP contribution in [0.2, 0.25) is 5.02 Å². The Hall–Kier alpha value is -2.53. The van der Waals surface area contributed by atoms with E-state index in [0.29, 0.717) is 21.7 Å². The number of nitrogens with one attached hydrogen (secondary N) is 2. The van der Waals surface area contributed by atoms with Crippen LogP contribution in [0.1, 0.15) is 10.4 Å². The average Bonchev–Trinajstić information content (AvgIpc) is 2.88. The number of aromatic nitrogens is 2. The number of H-pyrrole nitrogens is 1. The van der Waals surface area contributed by atoms with Crippen LogP contribution in [-0.2, 0) is 0 Å². The lowest BCUT2D eigenvalue weighted by molar-refractivity contribution is 0.0698. The number of aromatic amines is 1. The Balaban J connectivity index is 2.07. The van der Waals surface area contributed by atoms with Crippen molar-refractivity contribution in [3.05, 3.63) is 53.3 Å². The van der Waals surface area contributed by atoms with Gasteiger partial charge < -0.3 is 15.4 Å². The average molecular weight is 288 g/mol. The highest BCUT2D eigenvalue weighted by molar-refractivity contribution is 6.30. The minimum absolute atomic E-state index is 0.165. The Bertz CT molecular complexity index is 798. The SMILES string of the molecule is O=C(O)c1cnc(Nc2cccc(Cl)c2)c2[nH]ccc12. The van der Waals surface area contributed by atoms with Crippen LogP contribution in [0.4, 0.5) is 11.5 Å². The predicted octanol–water partition coefficient (Wildman–Crippen LogP) is 3.66. The molecule has 3 aromatic rings. The molecule has 0 spiro atoms. The van der Waals surface area contributed by atoms with E-state index in [1.54, 1.807) is 24.4 Å². The molecule has 0 aliphatic carbocycles. The third-order valence-corrected chi connectivity index (χ3v) is 3.15. The molecule has 0 fully saturated rings. The van der Waals surface area contributed by atoms with E-state index in [1.165, 1.54) is 6.20 Å². The van der Waals surface area contributed by atoms with E-state index < -0.39 is 5.97 Å². The topological polar surface area (TPSA) is 78.0 Å². The number of fused-ring (bicyclic) bond motifs is 1. The van der Waals surface area contributed by atoms with Gasteiger partial charge in [0.2, 0.25) is 0 Å². The minimum atomic E-state index is -1.00. The van der Waals surface area contributed by atoms with E-state index in [1.807, 2.05) is 12.1 Å². The van der Waals surface area contributed by atoms with E-state index >= 15 is 0 Å². The van der Waals surface area contributed by atoms with Gasteiger partial charge >= 0.3 is 5.97 Å². The maximum Gasteiger partial charge on any atom is 0.337 e. The van der Waals surface area contributed by atoms with Crippen LogP contribution in [0.5, 0.6) is 0 Å². The van der Waals surface area contributed by atoms with Gasteiger partial charge in [-0.15, -0.1) is 0 Å². The standard InChI is InChI=1S/C14H10ClN3O2/c15-8-2-1-3-9(6-8)18-13-12-10(4-5-16-12)11(7-17-13)14(19)20/h1-7,16H,(H,17,18)(H,19,20). The van der Waals surface area contributed by atoms with E-state index in [2.05, 4.69) is 15.3 Å². The summed E-state index contributed by atoms with van der Waals surface area (Å²) in [7, 11) is 0. The third kappa shape index (κ3) is 2.19. The molecule has 0 radical (unpaired) electrons. The lowest BCUT2D eigenvalue weighted by Crippen LogP contribution is -2.01. The number of hydrogen-bond donors (Lipinski definition) is 3. The highest BCUT2D eigenvalue weighted by Gasteiger charge is 2.13. The summed E-state index contributed by atoms with van der Waals surface area (Å²) in [5, 5.41) is 13.5. The Kier molecular flexibility index (Phi) is 3.04. The summed E-state index contributed by atoms with van der Waals surface area (Å²) in [5.74, 6) is -0.450. The van der Waals surface area contributed by atoms with Crippen LogP contribution in [0.15, 0.2) is 42.7 Å². The number of carboxylic acid groups (broad SMARTS) is 1. The van der Waals surface area contributed by atoms with Gasteiger partial charge in [-0.05, 0) is 24.3 Å². The van der Waals surface area contributed by atoms with Crippen molar-refractivity contribution >= 4 is 40.0 Å². The summed E-state index contributed by atoms with van der Waals surface area (Å²) in [5.41, 5.74) is 1.59. The zero-order valence-electron chi connectivity index (χ0n) is 10.2. The Labute approximate surface area is 119 Å². The predicted molar refractivity (Wildman–Crippen MR) is 77.8 cm³/mol. The van der Waals surface area contributed by atoms with Crippen molar-refractivity contribution in [1.29, 1.82) is 0 Å². The van der Waals surface area contributed by atoms with Gasteiger partial charge in [-0.1, -0.05) is 17.7 Å². The maximum absolute atomic E-state index is 11.1. The minimum Gasteiger partial charge on any atom is -0.478 e. The molecule has 0 saturated heterocycles. The van der Waals surface area contributed by atoms with Crippen LogP contribution in [0, 0.1) is 0 Å². The molecule has 1 aromatic carbocycles. The van der Waals surface area contributed by atoms with Crippen LogP contribution in [-0.4, -0.2) is 21.0 Å². The molecule has 0 atom stereocenters. The molecule has 0 unspecified atom stereocenters. The third-order valence-electron chi connectivity index (χ3n) is 2.91. The zero-order valence-corrected chi connectivity index (χ0v) is 11.0. The van der Waals surface area contributed by atoms with Gasteiger partial charge in [0.05, 0.1) is 11.1 Å². The maximum atomic E-state index is 11.1. The summed E-state index contributed by atoms with van der Waals surface area (Å²) in [6.45, 7) is 0. The molecule has 2 aromatic heterocycles. The number of hydrogen-bond acceptors (Lipinski definition) is 3. The van der Waals surface area contributed by atoms with Crippen molar-refractivity contribution in [2.24, 2.45) is 0 Å². The first-order valence-electron chi connectivity index (χ1n) is 5.87. The van der Waals surface area contributed by atoms with Gasteiger partial charge in [-0.25, -0.2) is 9.78 Å². The van der Waals surface area contributed by atoms with Gasteiger partial charge in [-0.2, -0.15) is 0 Å². The number of anilines is 2. The number of benzene rings is 1. The van der Waals surface area contributed by atoms with Crippen LogP contribution in [0.3, 0.4) is 0 Å². The molecule has 100 valence electrons. The van der Waals surface area contributed by atoms with Crippen LogP contribution in [0.25, 0.3) is 10.9 Å². The number of aromatic carboxylic acids is 1. The second-order valence-corrected chi connectivity index (χ2v) is 4.66. The number of pyridine rings is 1. The fourth-order valence-electron chi connectivity index (χ4n) is 2.02. The smallest absolute Gasteiger partial charge is 0.337 e. The van der Waals surface area contributed by atoms with Crippen molar-refractivity contribution < 1.29 is 9.90 Å². The Morgan fingerprint density at radius 2 is 2.20 bits per heavy atom. The molecule has 0 aliphatic heterocycles. The summed E-state index contributed by atoms with van der Waals surface area (Å²) in [6, 6.07) is 8.93. The van der Waals surface area contributed by atoms with Crippen molar-refractivity contribution in [3.8, 4) is 0 Å². The fraction of sp³-hybridized carbons (Fsp3) is 0. The summed E-state index contributed by atoms with van der Waals surface area (Å²) in [6.07, 6.45) is 3.02. The normalized spacial score (nSPS) is 10.7. The van der Waals surface area contributed by atoms with Crippen molar-refractivity contribution in [2.45, 2.75) is 0 Å². The molecule has 3 rings (SSSR count). The number of rotatable bonds is 3. The van der Waals surface area contributed by atoms with Crippen molar-refractivity contribution in [1.82, 2.24) is 9.97 Å². The molecule has 0 bridgehead atoms. The number of carbonyl (C=O) groups is 1. The van der Waals surface area contributed by atoms with Crippen molar-refractivity contribution in [3.63, 3.8) is 0 Å². The number of halogens is 1. The van der Waals surface area contributed by atoms with E-state index in [0.717, 1.165) is 5.69 Å². The molecular formula is C14H10ClN3O2. The molecule has 0 saturated carbocycles. The largest absolute Gasteiger partial charge is 0.478 e. The van der Waals surface area contributed by atoms with Crippen molar-refractivity contribution in [2.75, 3.05) is 5.32 Å². The lowest BCUT2D eigenvalue weighted by atomic mass is 10.2. The molecule has 20 heavy (non-hydrogen) atoms. The Morgan fingerprint density at radius 1 is 1.35 bits per heavy atom. The molecule has 2 heterocycles. The first-order valence-corrected chi connectivity index (χ1v) is 6.25. The second kappa shape index (κ2) is 4.86. The summed E-state index contributed by atoms with van der Waals surface area (Å²) in [4.78, 5) is 18.3. The van der Waals surface area contributed by atoms with Gasteiger partial charge in [0.25, 0.3) is 0 Å². The monoisotopic (exact) mass is 287 g/mol. The summed E-state index contributed by atoms with van der Waals surface area (Å²) < 4.78 is 0. The molecular weight excluding hydrogens is 278 g/mol. The van der Waals surface area contributed by atoms with Gasteiger partial charge in [-0.3, -0.25) is 0 Å². The lowest BCUT2D eigenvalue weighted by Gasteiger charge is -2.08. The number of carboxylic acids is 1. The van der Waals surface area contributed by atoms with Crippen LogP contribution >= 0.6 is 11.6 Å². The molecule has 0 amide bonds. The van der Waals surface area contributed by atoms with Gasteiger partial charge in [0, 0.05) is 28.5 Å². The Morgan fingerprint density at radius 3 is 2.95 bits per heavy atom.